The molecule has 2 heterocycles. The highest BCUT2D eigenvalue weighted by molar-refractivity contribution is 5.76. The van der Waals surface area contributed by atoms with Crippen LogP contribution in [0.15, 0.2) is 6.33 Å². The van der Waals surface area contributed by atoms with E-state index < -0.39 is 43.2 Å². The number of hydrogen-bond acceptors (Lipinski definition) is 10. The molecule has 1 aliphatic rings. The summed E-state index contributed by atoms with van der Waals surface area (Å²) in [6.45, 7) is 1.17. The van der Waals surface area contributed by atoms with Crippen LogP contribution < -0.4 is 5.32 Å². The zero-order valence-electron chi connectivity index (χ0n) is 13.6. The molecule has 0 aromatic carbocycles. The fourth-order valence-corrected chi connectivity index (χ4v) is 2.33. The second-order valence-corrected chi connectivity index (χ2v) is 5.58. The lowest BCUT2D eigenvalue weighted by Crippen LogP contribution is -2.64. The number of nitrogens with zero attached hydrogens (tertiary/aromatic N) is 4. The summed E-state index contributed by atoms with van der Waals surface area (Å²) in [4.78, 5) is 23.2. The molecule has 1 fully saturated rings. The van der Waals surface area contributed by atoms with Crippen LogP contribution in [0.3, 0.4) is 0 Å². The van der Waals surface area contributed by atoms with Crippen molar-refractivity contribution in [2.75, 3.05) is 6.61 Å². The first-order valence-corrected chi connectivity index (χ1v) is 7.77. The van der Waals surface area contributed by atoms with Crippen molar-refractivity contribution in [2.24, 2.45) is 0 Å². The summed E-state index contributed by atoms with van der Waals surface area (Å²) in [6, 6.07) is -1.18. The van der Waals surface area contributed by atoms with Gasteiger partial charge in [0.15, 0.2) is 6.29 Å². The van der Waals surface area contributed by atoms with Crippen LogP contribution >= 0.6 is 0 Å². The van der Waals surface area contributed by atoms with Gasteiger partial charge in [-0.2, -0.15) is 0 Å². The van der Waals surface area contributed by atoms with E-state index in [1.54, 1.807) is 6.92 Å². The maximum absolute atomic E-state index is 11.6. The van der Waals surface area contributed by atoms with Crippen LogP contribution in [0.4, 0.5) is 0 Å². The van der Waals surface area contributed by atoms with Gasteiger partial charge in [-0.1, -0.05) is 6.92 Å². The standard InChI is InChI=1S/C13H21N5O7/c1-2-3-8(19)15-10-12(22)11(21)7(25-13(10)23)5-24-9(20)4-18-6-14-16-17-18/h6-7,10-13,21-23H,2-5H2,1H3,(H,15,19)/t7?,10-,11-,12-,13?/m1/s1. The molecular weight excluding hydrogens is 338 g/mol. The zero-order chi connectivity index (χ0) is 18.4. The van der Waals surface area contributed by atoms with Gasteiger partial charge in [0.1, 0.15) is 43.8 Å². The highest BCUT2D eigenvalue weighted by atomic mass is 16.6. The lowest BCUT2D eigenvalue weighted by Gasteiger charge is -2.40. The van der Waals surface area contributed by atoms with E-state index in [2.05, 4.69) is 20.8 Å². The van der Waals surface area contributed by atoms with Crippen LogP contribution in [-0.2, 0) is 25.6 Å². The number of tetrazole rings is 1. The molecule has 2 rings (SSSR count). The Bertz CT molecular complexity index is 569. The summed E-state index contributed by atoms with van der Waals surface area (Å²) in [5.41, 5.74) is 0. The van der Waals surface area contributed by atoms with Gasteiger partial charge in [-0.05, 0) is 16.8 Å². The van der Waals surface area contributed by atoms with Crippen LogP contribution in [0.2, 0.25) is 0 Å². The lowest BCUT2D eigenvalue weighted by molar-refractivity contribution is -0.255. The third kappa shape index (κ3) is 5.16. The molecule has 0 radical (unpaired) electrons. The minimum Gasteiger partial charge on any atom is -0.461 e. The smallest absolute Gasteiger partial charge is 0.327 e. The Kier molecular flexibility index (Phi) is 6.75. The second-order valence-electron chi connectivity index (χ2n) is 5.58. The number of aromatic nitrogens is 4. The van der Waals surface area contributed by atoms with E-state index in [9.17, 15) is 24.9 Å². The molecule has 1 saturated heterocycles. The van der Waals surface area contributed by atoms with Gasteiger partial charge in [-0.25, -0.2) is 4.68 Å². The van der Waals surface area contributed by atoms with E-state index in [-0.39, 0.29) is 18.9 Å². The molecule has 1 aromatic rings. The topological polar surface area (TPSA) is 169 Å². The fraction of sp³-hybridized carbons (Fsp3) is 0.769. The summed E-state index contributed by atoms with van der Waals surface area (Å²) in [6.07, 6.45) is -3.61. The first-order chi connectivity index (χ1) is 11.9. The number of nitrogens with one attached hydrogen (secondary N) is 1. The average Bonchev–Trinajstić information content (AvgIpc) is 3.07. The molecule has 1 aliphatic heterocycles. The van der Waals surface area contributed by atoms with Crippen molar-refractivity contribution >= 4 is 11.9 Å². The molecule has 0 spiro atoms. The predicted octanol–water partition coefficient (Wildman–Crippen LogP) is -3.06. The maximum Gasteiger partial charge on any atom is 0.327 e. The quantitative estimate of drug-likeness (QED) is 0.367. The molecule has 1 aromatic heterocycles. The Morgan fingerprint density at radius 1 is 1.32 bits per heavy atom. The van der Waals surface area contributed by atoms with Crippen LogP contribution in [0.25, 0.3) is 0 Å². The molecule has 5 atom stereocenters. The molecule has 4 N–H and O–H groups in total. The number of ether oxygens (including phenoxy) is 2. The molecule has 2 unspecified atom stereocenters. The Morgan fingerprint density at radius 3 is 2.72 bits per heavy atom. The molecule has 25 heavy (non-hydrogen) atoms. The molecular formula is C13H21N5O7. The van der Waals surface area contributed by atoms with Crippen molar-refractivity contribution < 1.29 is 34.4 Å². The summed E-state index contributed by atoms with van der Waals surface area (Å²) in [7, 11) is 0. The summed E-state index contributed by atoms with van der Waals surface area (Å²) in [5, 5.41) is 42.7. The Hall–Kier alpha value is -2.15. The van der Waals surface area contributed by atoms with Gasteiger partial charge in [-0.15, -0.1) is 5.10 Å². The Morgan fingerprint density at radius 2 is 2.08 bits per heavy atom. The highest BCUT2D eigenvalue weighted by Crippen LogP contribution is 2.20. The third-order valence-electron chi connectivity index (χ3n) is 3.62. The fourth-order valence-electron chi connectivity index (χ4n) is 2.33. The number of rotatable bonds is 7. The van der Waals surface area contributed by atoms with Crippen molar-refractivity contribution in [3.63, 3.8) is 0 Å². The van der Waals surface area contributed by atoms with Gasteiger partial charge in [0.05, 0.1) is 0 Å². The monoisotopic (exact) mass is 359 g/mol. The van der Waals surface area contributed by atoms with E-state index >= 15 is 0 Å². The van der Waals surface area contributed by atoms with E-state index in [0.717, 1.165) is 4.68 Å². The molecule has 12 heteroatoms. The molecule has 0 aliphatic carbocycles. The number of amides is 1. The van der Waals surface area contributed by atoms with E-state index in [1.807, 2.05) is 0 Å². The van der Waals surface area contributed by atoms with E-state index in [0.29, 0.717) is 6.42 Å². The summed E-state index contributed by atoms with van der Waals surface area (Å²) in [5.74, 6) is -1.07. The van der Waals surface area contributed by atoms with E-state index in [4.69, 9.17) is 9.47 Å². The van der Waals surface area contributed by atoms with Crippen molar-refractivity contribution in [3.05, 3.63) is 6.33 Å². The van der Waals surface area contributed by atoms with Crippen LogP contribution in [0, 0.1) is 0 Å². The second kappa shape index (κ2) is 8.80. The molecule has 0 bridgehead atoms. The molecule has 1 amide bonds. The largest absolute Gasteiger partial charge is 0.461 e. The number of carbonyl (C=O) groups is 2. The SMILES string of the molecule is CCCC(=O)N[C@H]1C(O)OC(COC(=O)Cn2cnnn2)[C@@H](O)[C@@H]1O. The first-order valence-electron chi connectivity index (χ1n) is 7.77. The number of aliphatic hydroxyl groups excluding tert-OH is 3. The number of aliphatic hydroxyl groups is 3. The number of hydrogen-bond donors (Lipinski definition) is 4. The van der Waals surface area contributed by atoms with E-state index in [1.165, 1.54) is 6.33 Å². The van der Waals surface area contributed by atoms with Gasteiger partial charge in [-0.3, -0.25) is 9.59 Å². The molecule has 12 nitrogen and oxygen atoms in total. The molecule has 140 valence electrons. The van der Waals surface area contributed by atoms with Crippen molar-refractivity contribution in [2.45, 2.75) is 57.0 Å². The highest BCUT2D eigenvalue weighted by Gasteiger charge is 2.44. The van der Waals surface area contributed by atoms with Gasteiger partial charge < -0.3 is 30.1 Å². The Balaban J connectivity index is 1.85. The predicted molar refractivity (Wildman–Crippen MR) is 78.5 cm³/mol. The van der Waals surface area contributed by atoms with Crippen molar-refractivity contribution in [1.29, 1.82) is 0 Å². The van der Waals surface area contributed by atoms with Crippen LogP contribution in [0.1, 0.15) is 19.8 Å². The summed E-state index contributed by atoms with van der Waals surface area (Å²) < 4.78 is 11.2. The van der Waals surface area contributed by atoms with Crippen LogP contribution in [0.5, 0.6) is 0 Å². The van der Waals surface area contributed by atoms with Gasteiger partial charge >= 0.3 is 5.97 Å². The molecule has 0 saturated carbocycles. The third-order valence-corrected chi connectivity index (χ3v) is 3.62. The van der Waals surface area contributed by atoms with Crippen LogP contribution in [-0.4, -0.2) is 84.7 Å². The minimum atomic E-state index is -1.55. The van der Waals surface area contributed by atoms with Gasteiger partial charge in [0.25, 0.3) is 0 Å². The Labute approximate surface area is 142 Å². The maximum atomic E-state index is 11.6. The lowest BCUT2D eigenvalue weighted by atomic mass is 9.97. The number of esters is 1. The van der Waals surface area contributed by atoms with Gasteiger partial charge in [0, 0.05) is 6.42 Å². The normalized spacial score (nSPS) is 29.2. The summed E-state index contributed by atoms with van der Waals surface area (Å²) >= 11 is 0. The van der Waals surface area contributed by atoms with Crippen molar-refractivity contribution in [1.82, 2.24) is 25.5 Å². The average molecular weight is 359 g/mol. The van der Waals surface area contributed by atoms with Crippen molar-refractivity contribution in [3.8, 4) is 0 Å². The first kappa shape index (κ1) is 19.2. The zero-order valence-corrected chi connectivity index (χ0v) is 13.6. The van der Waals surface area contributed by atoms with Gasteiger partial charge in [0.2, 0.25) is 5.91 Å². The minimum absolute atomic E-state index is 0.213. The number of carbonyl (C=O) groups excluding carboxylic acids is 2.